The van der Waals surface area contributed by atoms with Gasteiger partial charge in [0.2, 0.25) is 0 Å². The monoisotopic (exact) mass is 196 g/mol. The lowest BCUT2D eigenvalue weighted by Gasteiger charge is -2.42. The van der Waals surface area contributed by atoms with Crippen molar-refractivity contribution in [1.82, 2.24) is 10.2 Å². The van der Waals surface area contributed by atoms with Crippen LogP contribution >= 0.6 is 0 Å². The average Bonchev–Trinajstić information content (AvgIpc) is 2.45. The first-order valence-electron chi connectivity index (χ1n) is 6.07. The predicted octanol–water partition coefficient (Wildman–Crippen LogP) is 1.86. The lowest BCUT2D eigenvalue weighted by Crippen LogP contribution is -2.55. The van der Waals surface area contributed by atoms with E-state index >= 15 is 0 Å². The van der Waals surface area contributed by atoms with Gasteiger partial charge in [0.1, 0.15) is 0 Å². The summed E-state index contributed by atoms with van der Waals surface area (Å²) in [5, 5.41) is 3.52. The van der Waals surface area contributed by atoms with Crippen LogP contribution in [0.3, 0.4) is 0 Å². The summed E-state index contributed by atoms with van der Waals surface area (Å²) in [5.41, 5.74) is 0.553. The Bertz CT molecular complexity index is 200. The van der Waals surface area contributed by atoms with Crippen molar-refractivity contribution in [1.29, 1.82) is 0 Å². The number of rotatable bonds is 1. The Balaban J connectivity index is 2.00. The van der Waals surface area contributed by atoms with Gasteiger partial charge in [-0.15, -0.1) is 0 Å². The molecule has 0 aromatic heterocycles. The second-order valence-electron chi connectivity index (χ2n) is 5.75. The molecule has 1 aliphatic carbocycles. The van der Waals surface area contributed by atoms with E-state index in [0.717, 1.165) is 6.04 Å². The molecule has 2 unspecified atom stereocenters. The Kier molecular flexibility index (Phi) is 2.85. The highest BCUT2D eigenvalue weighted by atomic mass is 15.2. The molecule has 2 heteroatoms. The van der Waals surface area contributed by atoms with Gasteiger partial charge in [0.25, 0.3) is 0 Å². The molecule has 1 heterocycles. The molecular formula is C12H24N2. The summed E-state index contributed by atoms with van der Waals surface area (Å²) in [6.07, 6.45) is 4.26. The minimum absolute atomic E-state index is 0.553. The summed E-state index contributed by atoms with van der Waals surface area (Å²) in [6.45, 7) is 10.9. The minimum atomic E-state index is 0.553. The summed E-state index contributed by atoms with van der Waals surface area (Å²) < 4.78 is 0. The zero-order chi connectivity index (χ0) is 10.2. The zero-order valence-corrected chi connectivity index (χ0v) is 9.84. The Morgan fingerprint density at radius 3 is 2.71 bits per heavy atom. The second kappa shape index (κ2) is 3.82. The SMILES string of the molecule is CC1CN(C2CCCC2(C)C)CCN1. The van der Waals surface area contributed by atoms with Crippen LogP contribution in [-0.4, -0.2) is 36.6 Å². The number of nitrogens with zero attached hydrogens (tertiary/aromatic N) is 1. The van der Waals surface area contributed by atoms with Gasteiger partial charge in [-0.1, -0.05) is 20.3 Å². The smallest absolute Gasteiger partial charge is 0.0167 e. The van der Waals surface area contributed by atoms with E-state index in [2.05, 4.69) is 31.0 Å². The van der Waals surface area contributed by atoms with Crippen LogP contribution in [0.1, 0.15) is 40.0 Å². The van der Waals surface area contributed by atoms with Crippen molar-refractivity contribution >= 4 is 0 Å². The van der Waals surface area contributed by atoms with Crippen LogP contribution in [-0.2, 0) is 0 Å². The molecule has 2 rings (SSSR count). The normalized spacial score (nSPS) is 38.8. The van der Waals surface area contributed by atoms with Crippen molar-refractivity contribution in [3.05, 3.63) is 0 Å². The van der Waals surface area contributed by atoms with Crippen LogP contribution in [0.4, 0.5) is 0 Å². The molecule has 0 aromatic carbocycles. The third-order valence-corrected chi connectivity index (χ3v) is 4.04. The molecule has 0 radical (unpaired) electrons. The van der Waals surface area contributed by atoms with Gasteiger partial charge < -0.3 is 5.32 Å². The van der Waals surface area contributed by atoms with Crippen LogP contribution in [0.5, 0.6) is 0 Å². The first kappa shape index (κ1) is 10.4. The molecular weight excluding hydrogens is 172 g/mol. The Morgan fingerprint density at radius 2 is 2.14 bits per heavy atom. The summed E-state index contributed by atoms with van der Waals surface area (Å²) in [7, 11) is 0. The fraction of sp³-hybridized carbons (Fsp3) is 1.00. The minimum Gasteiger partial charge on any atom is -0.312 e. The Hall–Kier alpha value is -0.0800. The average molecular weight is 196 g/mol. The fourth-order valence-electron chi connectivity index (χ4n) is 3.23. The van der Waals surface area contributed by atoms with Gasteiger partial charge >= 0.3 is 0 Å². The molecule has 0 bridgehead atoms. The van der Waals surface area contributed by atoms with E-state index in [4.69, 9.17) is 0 Å². The largest absolute Gasteiger partial charge is 0.312 e. The van der Waals surface area contributed by atoms with E-state index in [9.17, 15) is 0 Å². The summed E-state index contributed by atoms with van der Waals surface area (Å²) in [5.74, 6) is 0. The summed E-state index contributed by atoms with van der Waals surface area (Å²) in [6, 6.07) is 1.52. The number of hydrogen-bond donors (Lipinski definition) is 1. The van der Waals surface area contributed by atoms with Crippen molar-refractivity contribution in [2.24, 2.45) is 5.41 Å². The van der Waals surface area contributed by atoms with Crippen molar-refractivity contribution in [2.75, 3.05) is 19.6 Å². The number of hydrogen-bond acceptors (Lipinski definition) is 2. The van der Waals surface area contributed by atoms with Crippen LogP contribution in [0.2, 0.25) is 0 Å². The maximum Gasteiger partial charge on any atom is 0.0167 e. The highest BCUT2D eigenvalue weighted by Gasteiger charge is 2.39. The molecule has 2 atom stereocenters. The van der Waals surface area contributed by atoms with E-state index in [-0.39, 0.29) is 0 Å². The van der Waals surface area contributed by atoms with E-state index in [1.165, 1.54) is 38.9 Å². The van der Waals surface area contributed by atoms with E-state index in [1.807, 2.05) is 0 Å². The third kappa shape index (κ3) is 1.96. The van der Waals surface area contributed by atoms with Crippen LogP contribution in [0, 0.1) is 5.41 Å². The fourth-order valence-corrected chi connectivity index (χ4v) is 3.23. The first-order chi connectivity index (χ1) is 6.59. The lowest BCUT2D eigenvalue weighted by atomic mass is 9.86. The van der Waals surface area contributed by atoms with Gasteiger partial charge in [-0.3, -0.25) is 4.90 Å². The maximum absolute atomic E-state index is 3.52. The Labute approximate surface area is 88.1 Å². The molecule has 0 amide bonds. The van der Waals surface area contributed by atoms with Gasteiger partial charge in [0, 0.05) is 31.7 Å². The molecule has 2 fully saturated rings. The van der Waals surface area contributed by atoms with Crippen molar-refractivity contribution in [3.8, 4) is 0 Å². The Morgan fingerprint density at radius 1 is 1.36 bits per heavy atom. The third-order valence-electron chi connectivity index (χ3n) is 4.04. The van der Waals surface area contributed by atoms with Crippen molar-refractivity contribution < 1.29 is 0 Å². The van der Waals surface area contributed by atoms with Gasteiger partial charge in [-0.2, -0.15) is 0 Å². The van der Waals surface area contributed by atoms with E-state index in [0.29, 0.717) is 11.5 Å². The molecule has 1 N–H and O–H groups in total. The van der Waals surface area contributed by atoms with Crippen LogP contribution in [0.25, 0.3) is 0 Å². The quantitative estimate of drug-likeness (QED) is 0.688. The van der Waals surface area contributed by atoms with Crippen molar-refractivity contribution in [3.63, 3.8) is 0 Å². The van der Waals surface area contributed by atoms with Crippen molar-refractivity contribution in [2.45, 2.75) is 52.1 Å². The molecule has 0 aromatic rings. The second-order valence-corrected chi connectivity index (χ2v) is 5.75. The van der Waals surface area contributed by atoms with Crippen LogP contribution < -0.4 is 5.32 Å². The number of piperazine rings is 1. The topological polar surface area (TPSA) is 15.3 Å². The molecule has 1 aliphatic heterocycles. The molecule has 0 spiro atoms. The number of nitrogens with one attached hydrogen (secondary N) is 1. The van der Waals surface area contributed by atoms with Gasteiger partial charge in [-0.05, 0) is 25.2 Å². The molecule has 82 valence electrons. The molecule has 1 saturated heterocycles. The van der Waals surface area contributed by atoms with Gasteiger partial charge in [0.15, 0.2) is 0 Å². The molecule has 2 aliphatic rings. The summed E-state index contributed by atoms with van der Waals surface area (Å²) >= 11 is 0. The van der Waals surface area contributed by atoms with E-state index in [1.54, 1.807) is 0 Å². The standard InChI is InChI=1S/C12H24N2/c1-10-9-14(8-7-13-10)11-5-4-6-12(11,2)3/h10-11,13H,4-9H2,1-3H3. The molecule has 2 nitrogen and oxygen atoms in total. The van der Waals surface area contributed by atoms with E-state index < -0.39 is 0 Å². The lowest BCUT2D eigenvalue weighted by molar-refractivity contribution is 0.0847. The highest BCUT2D eigenvalue weighted by Crippen LogP contribution is 2.40. The molecule has 14 heavy (non-hydrogen) atoms. The highest BCUT2D eigenvalue weighted by molar-refractivity contribution is 4.94. The van der Waals surface area contributed by atoms with Crippen LogP contribution in [0.15, 0.2) is 0 Å². The molecule has 1 saturated carbocycles. The zero-order valence-electron chi connectivity index (χ0n) is 9.84. The predicted molar refractivity (Wildman–Crippen MR) is 60.5 cm³/mol. The van der Waals surface area contributed by atoms with Gasteiger partial charge in [0.05, 0.1) is 0 Å². The maximum atomic E-state index is 3.52. The first-order valence-corrected chi connectivity index (χ1v) is 6.07. The summed E-state index contributed by atoms with van der Waals surface area (Å²) in [4.78, 5) is 2.72. The van der Waals surface area contributed by atoms with Gasteiger partial charge in [-0.25, -0.2) is 0 Å².